The molecule has 7 heterocycles. The number of rotatable bonds is 7. The largest absolute Gasteiger partial charge is 0.464 e. The van der Waals surface area contributed by atoms with Gasteiger partial charge in [0.1, 0.15) is 30.1 Å². The lowest BCUT2D eigenvalue weighted by atomic mass is 9.76. The first-order valence-electron chi connectivity index (χ1n) is 21.3. The minimum absolute atomic E-state index is 0.00529. The van der Waals surface area contributed by atoms with Gasteiger partial charge in [-0.1, -0.05) is 33.8 Å². The van der Waals surface area contributed by atoms with E-state index in [4.69, 9.17) is 28.6 Å². The van der Waals surface area contributed by atoms with E-state index in [0.717, 1.165) is 39.0 Å². The maximum Gasteiger partial charge on any atom is 0.324 e. The average molecular weight is 808 g/mol. The molecule has 1 aromatic carbocycles. The van der Waals surface area contributed by atoms with Crippen LogP contribution in [0.25, 0.3) is 33.4 Å². The SMILES string of the molecule is CCn1c(-c2cccnc2[C@H](C)OC)c2c3cc(ccc31)-c1coc(n1)[C@@H](N1CC3(COC3)C1)[C@H](NC(=O)C1[C@@H](C)[C@H]1C)C(=O)N1CCC[C@H](N1)C(=O)OCC(C)(C)C2. The molecule has 1 spiro atoms. The van der Waals surface area contributed by atoms with Crippen LogP contribution in [0.5, 0.6) is 0 Å². The molecule has 3 saturated heterocycles. The van der Waals surface area contributed by atoms with E-state index in [1.807, 2.05) is 13.0 Å². The third-order valence-electron chi connectivity index (χ3n) is 13.7. The van der Waals surface area contributed by atoms with Gasteiger partial charge in [0.05, 0.1) is 37.3 Å². The van der Waals surface area contributed by atoms with Crippen molar-refractivity contribution in [3.8, 4) is 22.5 Å². The lowest BCUT2D eigenvalue weighted by Gasteiger charge is -2.57. The van der Waals surface area contributed by atoms with Crippen molar-refractivity contribution < 1.29 is 33.0 Å². The number of oxazole rings is 1. The zero-order chi connectivity index (χ0) is 41.4. The Morgan fingerprint density at radius 1 is 1.12 bits per heavy atom. The number of aromatic nitrogens is 3. The quantitative estimate of drug-likeness (QED) is 0.229. The highest BCUT2D eigenvalue weighted by molar-refractivity contribution is 5.95. The molecular weight excluding hydrogens is 751 g/mol. The Morgan fingerprint density at radius 2 is 1.90 bits per heavy atom. The molecule has 314 valence electrons. The Balaban J connectivity index is 1.20. The number of nitrogens with zero attached hydrogens (tertiary/aromatic N) is 5. The summed E-state index contributed by atoms with van der Waals surface area (Å²) in [7, 11) is 1.70. The van der Waals surface area contributed by atoms with Gasteiger partial charge < -0.3 is 28.5 Å². The van der Waals surface area contributed by atoms with Crippen LogP contribution in [0.2, 0.25) is 0 Å². The molecule has 4 fully saturated rings. The molecule has 1 aliphatic carbocycles. The second-order valence-electron chi connectivity index (χ2n) is 18.5. The molecule has 6 bridgehead atoms. The molecule has 0 radical (unpaired) electrons. The van der Waals surface area contributed by atoms with Crippen molar-refractivity contribution in [2.24, 2.45) is 28.6 Å². The second kappa shape index (κ2) is 15.1. The van der Waals surface area contributed by atoms with Gasteiger partial charge in [-0.15, -0.1) is 0 Å². The molecule has 1 unspecified atom stereocenters. The van der Waals surface area contributed by atoms with E-state index in [0.29, 0.717) is 70.2 Å². The fraction of sp³-hybridized carbons (Fsp3) is 0.578. The normalized spacial score (nSPS) is 28.4. The van der Waals surface area contributed by atoms with Crippen molar-refractivity contribution in [1.29, 1.82) is 0 Å². The van der Waals surface area contributed by atoms with E-state index < -0.39 is 29.5 Å². The number of benzene rings is 1. The number of cyclic esters (lactones) is 1. The van der Waals surface area contributed by atoms with Gasteiger partial charge >= 0.3 is 5.97 Å². The van der Waals surface area contributed by atoms with Crippen molar-refractivity contribution in [3.63, 3.8) is 0 Å². The summed E-state index contributed by atoms with van der Waals surface area (Å²) in [6.45, 7) is 16.4. The summed E-state index contributed by atoms with van der Waals surface area (Å²) in [5.74, 6) is -0.339. The minimum atomic E-state index is -1.04. The highest BCUT2D eigenvalue weighted by Gasteiger charge is 2.56. The molecule has 2 amide bonds. The number of hydrogen-bond acceptors (Lipinski definition) is 11. The van der Waals surface area contributed by atoms with Gasteiger partial charge in [-0.3, -0.25) is 29.3 Å². The molecular formula is C45H57N7O7. The zero-order valence-corrected chi connectivity index (χ0v) is 35.2. The number of hydrazine groups is 1. The van der Waals surface area contributed by atoms with Gasteiger partial charge in [0.15, 0.2) is 0 Å². The average Bonchev–Trinajstić information content (AvgIpc) is 3.48. The van der Waals surface area contributed by atoms with Gasteiger partial charge in [-0.05, 0) is 74.8 Å². The van der Waals surface area contributed by atoms with Crippen LogP contribution in [0.3, 0.4) is 0 Å². The van der Waals surface area contributed by atoms with Crippen LogP contribution in [-0.4, -0.2) is 101 Å². The number of aryl methyl sites for hydroxylation is 1. The Kier molecular flexibility index (Phi) is 10.2. The molecule has 14 heteroatoms. The fourth-order valence-electron chi connectivity index (χ4n) is 9.95. The van der Waals surface area contributed by atoms with Gasteiger partial charge in [0, 0.05) is 78.3 Å². The summed E-state index contributed by atoms with van der Waals surface area (Å²) >= 11 is 0. The highest BCUT2D eigenvalue weighted by Crippen LogP contribution is 2.47. The van der Waals surface area contributed by atoms with Gasteiger partial charge in [0.2, 0.25) is 11.8 Å². The molecule has 1 saturated carbocycles. The number of nitrogens with one attached hydrogen (secondary N) is 2. The number of amides is 2. The Morgan fingerprint density at radius 3 is 2.59 bits per heavy atom. The van der Waals surface area contributed by atoms with Crippen LogP contribution in [0.4, 0.5) is 0 Å². The van der Waals surface area contributed by atoms with Crippen molar-refractivity contribution in [2.75, 3.05) is 46.6 Å². The summed E-state index contributed by atoms with van der Waals surface area (Å²) in [4.78, 5) is 54.9. The molecule has 4 aliphatic heterocycles. The third-order valence-corrected chi connectivity index (χ3v) is 13.7. The summed E-state index contributed by atoms with van der Waals surface area (Å²) in [5, 5.41) is 5.74. The van der Waals surface area contributed by atoms with Crippen LogP contribution in [0.1, 0.15) is 83.7 Å². The Bertz CT molecular complexity index is 2260. The lowest BCUT2D eigenvalue weighted by Crippen LogP contribution is -2.70. The van der Waals surface area contributed by atoms with Crippen LogP contribution >= 0.6 is 0 Å². The number of esters is 1. The summed E-state index contributed by atoms with van der Waals surface area (Å²) in [6.07, 6.45) is 4.91. The zero-order valence-electron chi connectivity index (χ0n) is 35.2. The molecule has 2 N–H and O–H groups in total. The maximum absolute atomic E-state index is 14.9. The van der Waals surface area contributed by atoms with Crippen LogP contribution in [0.15, 0.2) is 47.2 Å². The smallest absolute Gasteiger partial charge is 0.324 e. The van der Waals surface area contributed by atoms with Crippen molar-refractivity contribution in [3.05, 3.63) is 59.9 Å². The number of ether oxygens (including phenoxy) is 3. The Hall–Kier alpha value is -4.63. The predicted molar refractivity (Wildman–Crippen MR) is 219 cm³/mol. The molecule has 5 aliphatic rings. The van der Waals surface area contributed by atoms with Crippen molar-refractivity contribution in [1.82, 2.24) is 35.2 Å². The summed E-state index contributed by atoms with van der Waals surface area (Å²) in [5.41, 5.74) is 9.27. The standard InChI is InChI=1S/C45H57N7O7/c1-8-51-34-14-13-28-17-30(34)31(38(51)29-11-9-15-46-36(29)27(4)56-7)18-44(5,6)22-59-43(55)32-12-10-16-52(49-32)42(54)37(48-40(53)35-25(2)26(35)3)39(41-47-33(28)19-58-41)50-20-45(21-50)23-57-24-45/h9,11,13-15,17,19,25-27,32,35,37,39,49H,8,10,12,16,18,20-24H2,1-7H3,(H,48,53)/t25-,26+,27-,32-,35?,37-,39-/m0/s1. The van der Waals surface area contributed by atoms with Crippen LogP contribution in [-0.2, 0) is 41.6 Å². The van der Waals surface area contributed by atoms with Crippen LogP contribution < -0.4 is 10.7 Å². The van der Waals surface area contributed by atoms with E-state index in [9.17, 15) is 14.4 Å². The first kappa shape index (κ1) is 39.8. The van der Waals surface area contributed by atoms with E-state index in [1.165, 1.54) is 5.01 Å². The highest BCUT2D eigenvalue weighted by atomic mass is 16.5. The lowest BCUT2D eigenvalue weighted by molar-refractivity contribution is -0.204. The number of hydrogen-bond donors (Lipinski definition) is 2. The molecule has 14 nitrogen and oxygen atoms in total. The minimum Gasteiger partial charge on any atom is -0.464 e. The number of likely N-dealkylation sites (tertiary alicyclic amines) is 1. The summed E-state index contributed by atoms with van der Waals surface area (Å²) < 4.78 is 26.3. The van der Waals surface area contributed by atoms with Gasteiger partial charge in [0.25, 0.3) is 5.91 Å². The van der Waals surface area contributed by atoms with E-state index in [-0.39, 0.29) is 47.7 Å². The summed E-state index contributed by atoms with van der Waals surface area (Å²) in [6, 6.07) is 7.96. The fourth-order valence-corrected chi connectivity index (χ4v) is 9.95. The van der Waals surface area contributed by atoms with Crippen LogP contribution in [0, 0.1) is 28.6 Å². The number of methoxy groups -OCH3 is 1. The topological polar surface area (TPSA) is 153 Å². The van der Waals surface area contributed by atoms with Crippen molar-refractivity contribution >= 4 is 28.7 Å². The second-order valence-corrected chi connectivity index (χ2v) is 18.5. The van der Waals surface area contributed by atoms with E-state index >= 15 is 0 Å². The predicted octanol–water partition coefficient (Wildman–Crippen LogP) is 5.47. The number of pyridine rings is 1. The first-order chi connectivity index (χ1) is 28.3. The molecule has 3 aromatic heterocycles. The van der Waals surface area contributed by atoms with Gasteiger partial charge in [-0.2, -0.15) is 0 Å². The van der Waals surface area contributed by atoms with E-state index in [1.54, 1.807) is 19.6 Å². The molecule has 7 atom stereocenters. The molecule has 4 aromatic rings. The molecule has 59 heavy (non-hydrogen) atoms. The van der Waals surface area contributed by atoms with Gasteiger partial charge in [-0.25, -0.2) is 10.4 Å². The van der Waals surface area contributed by atoms with E-state index in [2.05, 4.69) is 79.1 Å². The Labute approximate surface area is 345 Å². The number of carbonyl (C=O) groups is 3. The monoisotopic (exact) mass is 807 g/mol. The number of fused-ring (bicyclic) bond motifs is 6. The first-order valence-corrected chi connectivity index (χ1v) is 21.3. The third kappa shape index (κ3) is 7.05. The molecule has 9 rings (SSSR count). The maximum atomic E-state index is 14.9. The number of carbonyl (C=O) groups excluding carboxylic acids is 3. The van der Waals surface area contributed by atoms with Crippen molar-refractivity contribution in [2.45, 2.75) is 91.6 Å².